The van der Waals surface area contributed by atoms with Crippen LogP contribution in [0, 0.1) is 0 Å². The van der Waals surface area contributed by atoms with Crippen LogP contribution in [-0.2, 0) is 19.1 Å². The molecule has 0 fully saturated rings. The van der Waals surface area contributed by atoms with Crippen molar-refractivity contribution in [1.29, 1.82) is 0 Å². The third-order valence-electron chi connectivity index (χ3n) is 2.98. The van der Waals surface area contributed by atoms with E-state index in [0.717, 1.165) is 0 Å². The fourth-order valence-corrected chi connectivity index (χ4v) is 1.89. The van der Waals surface area contributed by atoms with Crippen LogP contribution in [0.15, 0.2) is 24.3 Å². The largest absolute Gasteiger partial charge is 0.343 e. The van der Waals surface area contributed by atoms with Gasteiger partial charge in [-0.2, -0.15) is 0 Å². The summed E-state index contributed by atoms with van der Waals surface area (Å²) in [5.74, 6) is -1.82. The lowest BCUT2D eigenvalue weighted by atomic mass is 10.2. The number of carbonyl (C=O) groups excluding carboxylic acids is 2. The van der Waals surface area contributed by atoms with E-state index in [-0.39, 0.29) is 5.91 Å². The third-order valence-corrected chi connectivity index (χ3v) is 2.98. The molecule has 0 atom stereocenters. The van der Waals surface area contributed by atoms with Gasteiger partial charge in [-0.3, -0.25) is 9.59 Å². The molecule has 2 N–H and O–H groups in total. The zero-order valence-electron chi connectivity index (χ0n) is 13.6. The van der Waals surface area contributed by atoms with E-state index in [1.807, 2.05) is 0 Å². The number of rotatable bonds is 8. The van der Waals surface area contributed by atoms with Crippen molar-refractivity contribution in [1.82, 2.24) is 0 Å². The van der Waals surface area contributed by atoms with Gasteiger partial charge >= 0.3 is 0 Å². The first-order valence-corrected chi connectivity index (χ1v) is 7.44. The summed E-state index contributed by atoms with van der Waals surface area (Å²) in [5, 5.41) is 5.49. The molecule has 0 aliphatic heterocycles. The molecular formula is C16H24N2O4. The molecule has 1 aromatic carbocycles. The van der Waals surface area contributed by atoms with E-state index in [4.69, 9.17) is 9.47 Å². The first-order valence-electron chi connectivity index (χ1n) is 7.44. The van der Waals surface area contributed by atoms with Crippen molar-refractivity contribution in [2.75, 3.05) is 23.8 Å². The van der Waals surface area contributed by atoms with Crippen LogP contribution in [0.3, 0.4) is 0 Å². The molecule has 0 aliphatic rings. The van der Waals surface area contributed by atoms with Crippen LogP contribution >= 0.6 is 0 Å². The number of benzene rings is 1. The van der Waals surface area contributed by atoms with E-state index < -0.39 is 11.7 Å². The summed E-state index contributed by atoms with van der Waals surface area (Å²) in [7, 11) is 0. The van der Waals surface area contributed by atoms with Crippen molar-refractivity contribution >= 4 is 23.2 Å². The molecule has 1 aromatic rings. The van der Waals surface area contributed by atoms with Crippen LogP contribution in [-0.4, -0.2) is 30.8 Å². The Bertz CT molecular complexity index is 511. The maximum absolute atomic E-state index is 12.4. The minimum Gasteiger partial charge on any atom is -0.343 e. The molecule has 22 heavy (non-hydrogen) atoms. The van der Waals surface area contributed by atoms with Gasteiger partial charge < -0.3 is 20.1 Å². The Balaban J connectivity index is 2.82. The lowest BCUT2D eigenvalue weighted by Crippen LogP contribution is -2.45. The molecule has 0 radical (unpaired) electrons. The van der Waals surface area contributed by atoms with E-state index in [2.05, 4.69) is 10.6 Å². The highest BCUT2D eigenvalue weighted by Gasteiger charge is 2.34. The van der Waals surface area contributed by atoms with Gasteiger partial charge in [0.15, 0.2) is 0 Å². The SMILES string of the molecule is CCOC(C)(OCC)C(=O)Nc1cccc(NC(=O)CC)c1. The van der Waals surface area contributed by atoms with Gasteiger partial charge in [-0.1, -0.05) is 13.0 Å². The molecule has 0 unspecified atom stereocenters. The van der Waals surface area contributed by atoms with Crippen molar-refractivity contribution in [3.63, 3.8) is 0 Å². The van der Waals surface area contributed by atoms with Gasteiger partial charge in [0.2, 0.25) is 11.7 Å². The molecule has 6 nitrogen and oxygen atoms in total. The molecule has 0 spiro atoms. The highest BCUT2D eigenvalue weighted by atomic mass is 16.7. The maximum atomic E-state index is 12.4. The number of amides is 2. The fraction of sp³-hybridized carbons (Fsp3) is 0.500. The Labute approximate surface area is 131 Å². The average molecular weight is 308 g/mol. The maximum Gasteiger partial charge on any atom is 0.284 e. The van der Waals surface area contributed by atoms with Gasteiger partial charge in [-0.25, -0.2) is 0 Å². The highest BCUT2D eigenvalue weighted by Crippen LogP contribution is 2.19. The summed E-state index contributed by atoms with van der Waals surface area (Å²) in [6.07, 6.45) is 0.392. The second-order valence-electron chi connectivity index (χ2n) is 4.75. The summed E-state index contributed by atoms with van der Waals surface area (Å²) in [5.41, 5.74) is 1.18. The van der Waals surface area contributed by atoms with Gasteiger partial charge in [0.05, 0.1) is 0 Å². The van der Waals surface area contributed by atoms with Crippen molar-refractivity contribution in [2.45, 2.75) is 39.9 Å². The van der Waals surface area contributed by atoms with Gasteiger partial charge in [0.25, 0.3) is 5.91 Å². The minimum atomic E-state index is -1.34. The Morgan fingerprint density at radius 2 is 1.59 bits per heavy atom. The summed E-state index contributed by atoms with van der Waals surface area (Å²) >= 11 is 0. The number of ether oxygens (including phenoxy) is 2. The summed E-state index contributed by atoms with van der Waals surface area (Å²) in [6.45, 7) is 7.67. The van der Waals surface area contributed by atoms with Crippen LogP contribution in [0.5, 0.6) is 0 Å². The Morgan fingerprint density at radius 3 is 2.09 bits per heavy atom. The van der Waals surface area contributed by atoms with Gasteiger partial charge in [0, 0.05) is 31.0 Å². The number of hydrogen-bond acceptors (Lipinski definition) is 4. The third kappa shape index (κ3) is 5.13. The first-order chi connectivity index (χ1) is 10.4. The Hall–Kier alpha value is -1.92. The number of carbonyl (C=O) groups is 2. The Morgan fingerprint density at radius 1 is 1.05 bits per heavy atom. The second-order valence-corrected chi connectivity index (χ2v) is 4.75. The van der Waals surface area contributed by atoms with E-state index in [1.54, 1.807) is 52.0 Å². The van der Waals surface area contributed by atoms with E-state index in [1.165, 1.54) is 0 Å². The second kappa shape index (κ2) is 8.51. The molecule has 0 saturated carbocycles. The predicted octanol–water partition coefficient (Wildman–Crippen LogP) is 2.76. The van der Waals surface area contributed by atoms with E-state index in [9.17, 15) is 9.59 Å². The number of nitrogens with one attached hydrogen (secondary N) is 2. The normalized spacial score (nSPS) is 11.1. The average Bonchev–Trinajstić information content (AvgIpc) is 2.48. The molecule has 2 amide bonds. The van der Waals surface area contributed by atoms with Crippen molar-refractivity contribution in [3.05, 3.63) is 24.3 Å². The zero-order valence-corrected chi connectivity index (χ0v) is 13.6. The molecule has 0 saturated heterocycles. The smallest absolute Gasteiger partial charge is 0.284 e. The topological polar surface area (TPSA) is 76.7 Å². The van der Waals surface area contributed by atoms with Crippen molar-refractivity contribution in [2.24, 2.45) is 0 Å². The fourth-order valence-electron chi connectivity index (χ4n) is 1.89. The number of anilines is 2. The molecule has 122 valence electrons. The van der Waals surface area contributed by atoms with Crippen molar-refractivity contribution < 1.29 is 19.1 Å². The van der Waals surface area contributed by atoms with Gasteiger partial charge in [0.1, 0.15) is 0 Å². The van der Waals surface area contributed by atoms with Crippen LogP contribution < -0.4 is 10.6 Å². The van der Waals surface area contributed by atoms with E-state index >= 15 is 0 Å². The van der Waals surface area contributed by atoms with Crippen LogP contribution in [0.2, 0.25) is 0 Å². The van der Waals surface area contributed by atoms with E-state index in [0.29, 0.717) is 31.0 Å². The van der Waals surface area contributed by atoms with Crippen LogP contribution in [0.1, 0.15) is 34.1 Å². The lowest BCUT2D eigenvalue weighted by Gasteiger charge is -2.27. The Kier molecular flexibility index (Phi) is 7.01. The van der Waals surface area contributed by atoms with Crippen LogP contribution in [0.25, 0.3) is 0 Å². The summed E-state index contributed by atoms with van der Waals surface area (Å²) in [6, 6.07) is 6.93. The minimum absolute atomic E-state index is 0.0862. The van der Waals surface area contributed by atoms with Crippen LogP contribution in [0.4, 0.5) is 11.4 Å². The van der Waals surface area contributed by atoms with Gasteiger partial charge in [-0.15, -0.1) is 0 Å². The summed E-state index contributed by atoms with van der Waals surface area (Å²) < 4.78 is 10.8. The molecule has 0 bridgehead atoms. The molecule has 1 rings (SSSR count). The standard InChI is InChI=1S/C16H24N2O4/c1-5-14(19)17-12-9-8-10-13(11-12)18-15(20)16(4,21-6-2)22-7-3/h8-11H,5-7H2,1-4H3,(H,17,19)(H,18,20). The zero-order chi connectivity index (χ0) is 16.6. The molecule has 6 heteroatoms. The van der Waals surface area contributed by atoms with Gasteiger partial charge in [-0.05, 0) is 39.0 Å². The number of hydrogen-bond donors (Lipinski definition) is 2. The molecule has 0 heterocycles. The molecular weight excluding hydrogens is 284 g/mol. The monoisotopic (exact) mass is 308 g/mol. The van der Waals surface area contributed by atoms with Crippen molar-refractivity contribution in [3.8, 4) is 0 Å². The molecule has 0 aliphatic carbocycles. The predicted molar refractivity (Wildman–Crippen MR) is 85.6 cm³/mol. The highest BCUT2D eigenvalue weighted by molar-refractivity contribution is 5.97. The quantitative estimate of drug-likeness (QED) is 0.724. The first kappa shape index (κ1) is 18.1. The lowest BCUT2D eigenvalue weighted by molar-refractivity contribution is -0.214. The molecule has 0 aromatic heterocycles. The summed E-state index contributed by atoms with van der Waals surface area (Å²) in [4.78, 5) is 23.8.